The van der Waals surface area contributed by atoms with Crippen LogP contribution < -0.4 is 16.6 Å². The van der Waals surface area contributed by atoms with Crippen LogP contribution in [0.1, 0.15) is 27.0 Å². The highest BCUT2D eigenvalue weighted by atomic mass is 16.1. The third kappa shape index (κ3) is 3.59. The number of benzene rings is 2. The number of hydrogen-bond donors (Lipinski definition) is 3. The molecule has 0 bridgehead atoms. The summed E-state index contributed by atoms with van der Waals surface area (Å²) in [7, 11) is 0. The minimum Gasteiger partial charge on any atom is -0.348 e. The summed E-state index contributed by atoms with van der Waals surface area (Å²) in [4.78, 5) is 12.1. The third-order valence-corrected chi connectivity index (χ3v) is 3.18. The molecule has 0 saturated carbocycles. The molecule has 0 atom stereocenters. The highest BCUT2D eigenvalue weighted by Gasteiger charge is 2.07. The maximum atomic E-state index is 12.1. The van der Waals surface area contributed by atoms with Gasteiger partial charge < -0.3 is 10.7 Å². The molecule has 0 fully saturated rings. The van der Waals surface area contributed by atoms with Crippen molar-refractivity contribution in [1.29, 1.82) is 5.26 Å². The summed E-state index contributed by atoms with van der Waals surface area (Å²) in [5.41, 5.74) is 6.40. The summed E-state index contributed by atoms with van der Waals surface area (Å²) >= 11 is 0. The molecular weight excluding hydrogens is 264 g/mol. The Balaban J connectivity index is 2.01. The summed E-state index contributed by atoms with van der Waals surface area (Å²) < 4.78 is 0. The summed E-state index contributed by atoms with van der Waals surface area (Å²) in [6.07, 6.45) is 0. The molecule has 106 valence electrons. The molecule has 0 aliphatic heterocycles. The number of carbonyl (C=O) groups is 1. The van der Waals surface area contributed by atoms with E-state index in [-0.39, 0.29) is 5.91 Å². The predicted molar refractivity (Wildman–Crippen MR) is 81.3 cm³/mol. The van der Waals surface area contributed by atoms with E-state index < -0.39 is 0 Å². The van der Waals surface area contributed by atoms with Gasteiger partial charge >= 0.3 is 0 Å². The van der Waals surface area contributed by atoms with Crippen molar-refractivity contribution in [1.82, 2.24) is 5.32 Å². The van der Waals surface area contributed by atoms with Gasteiger partial charge in [-0.1, -0.05) is 12.1 Å². The van der Waals surface area contributed by atoms with E-state index in [1.54, 1.807) is 30.3 Å². The number of hydrogen-bond acceptors (Lipinski definition) is 4. The van der Waals surface area contributed by atoms with Crippen molar-refractivity contribution in [2.45, 2.75) is 13.5 Å². The average molecular weight is 280 g/mol. The van der Waals surface area contributed by atoms with E-state index in [0.29, 0.717) is 17.7 Å². The third-order valence-electron chi connectivity index (χ3n) is 3.18. The zero-order chi connectivity index (χ0) is 15.2. The number of nitrogens with two attached hydrogens (primary N) is 1. The molecule has 0 saturated heterocycles. The molecule has 0 heterocycles. The van der Waals surface area contributed by atoms with Crippen molar-refractivity contribution in [3.8, 4) is 6.07 Å². The topological polar surface area (TPSA) is 90.9 Å². The van der Waals surface area contributed by atoms with Gasteiger partial charge in [-0.3, -0.25) is 10.6 Å². The van der Waals surface area contributed by atoms with Gasteiger partial charge in [0.05, 0.1) is 17.3 Å². The van der Waals surface area contributed by atoms with Gasteiger partial charge in [0.15, 0.2) is 0 Å². The lowest BCUT2D eigenvalue weighted by molar-refractivity contribution is 0.0951. The number of nitriles is 1. The minimum absolute atomic E-state index is 0.147. The summed E-state index contributed by atoms with van der Waals surface area (Å²) in [5.74, 6) is 5.21. The van der Waals surface area contributed by atoms with Crippen LogP contribution in [0, 0.1) is 18.3 Å². The molecule has 2 aromatic rings. The monoisotopic (exact) mass is 280 g/mol. The first-order valence-corrected chi connectivity index (χ1v) is 6.48. The molecule has 0 radical (unpaired) electrons. The Kier molecular flexibility index (Phi) is 4.54. The Morgan fingerprint density at radius 3 is 2.52 bits per heavy atom. The standard InChI is InChI=1S/C16H16N4O/c1-11-8-14(6-7-15(11)20-18)16(21)19-10-13-4-2-12(9-17)3-5-13/h2-8,20H,10,18H2,1H3,(H,19,21). The Labute approximate surface area is 123 Å². The summed E-state index contributed by atoms with van der Waals surface area (Å²) in [6.45, 7) is 2.30. The largest absolute Gasteiger partial charge is 0.348 e. The van der Waals surface area contributed by atoms with Crippen molar-refractivity contribution >= 4 is 11.6 Å². The van der Waals surface area contributed by atoms with Crippen LogP contribution in [0.15, 0.2) is 42.5 Å². The molecule has 0 aromatic heterocycles. The Bertz CT molecular complexity index is 686. The molecular formula is C16H16N4O. The van der Waals surface area contributed by atoms with Crippen LogP contribution >= 0.6 is 0 Å². The van der Waals surface area contributed by atoms with Crippen molar-refractivity contribution in [2.24, 2.45) is 5.84 Å². The van der Waals surface area contributed by atoms with E-state index in [2.05, 4.69) is 16.8 Å². The van der Waals surface area contributed by atoms with Gasteiger partial charge in [0, 0.05) is 12.1 Å². The zero-order valence-corrected chi connectivity index (χ0v) is 11.7. The van der Waals surface area contributed by atoms with Gasteiger partial charge in [0.1, 0.15) is 0 Å². The number of nitrogens with zero attached hydrogens (tertiary/aromatic N) is 1. The highest BCUT2D eigenvalue weighted by molar-refractivity contribution is 5.94. The van der Waals surface area contributed by atoms with E-state index in [1.807, 2.05) is 19.1 Å². The molecule has 21 heavy (non-hydrogen) atoms. The van der Waals surface area contributed by atoms with Gasteiger partial charge in [-0.25, -0.2) is 0 Å². The van der Waals surface area contributed by atoms with Crippen molar-refractivity contribution in [2.75, 3.05) is 5.43 Å². The molecule has 2 rings (SSSR count). The van der Waals surface area contributed by atoms with Gasteiger partial charge in [-0.15, -0.1) is 0 Å². The number of hydrazine groups is 1. The van der Waals surface area contributed by atoms with Crippen molar-refractivity contribution in [3.05, 3.63) is 64.7 Å². The number of carbonyl (C=O) groups excluding carboxylic acids is 1. The van der Waals surface area contributed by atoms with Crippen LogP contribution in [0.25, 0.3) is 0 Å². The first-order chi connectivity index (χ1) is 10.1. The molecule has 2 aromatic carbocycles. The fraction of sp³-hybridized carbons (Fsp3) is 0.125. The average Bonchev–Trinajstić information content (AvgIpc) is 2.53. The lowest BCUT2D eigenvalue weighted by Crippen LogP contribution is -2.23. The van der Waals surface area contributed by atoms with Crippen LogP contribution in [0.4, 0.5) is 5.69 Å². The summed E-state index contributed by atoms with van der Waals surface area (Å²) in [6, 6.07) is 14.4. The zero-order valence-electron chi connectivity index (χ0n) is 11.7. The van der Waals surface area contributed by atoms with Crippen LogP contribution in [0.3, 0.4) is 0 Å². The van der Waals surface area contributed by atoms with Gasteiger partial charge in [-0.2, -0.15) is 5.26 Å². The second kappa shape index (κ2) is 6.55. The Morgan fingerprint density at radius 1 is 1.24 bits per heavy atom. The van der Waals surface area contributed by atoms with Crippen LogP contribution in [0.5, 0.6) is 0 Å². The van der Waals surface area contributed by atoms with Crippen molar-refractivity contribution < 1.29 is 4.79 Å². The van der Waals surface area contributed by atoms with Crippen LogP contribution in [-0.4, -0.2) is 5.91 Å². The highest BCUT2D eigenvalue weighted by Crippen LogP contribution is 2.15. The number of anilines is 1. The lowest BCUT2D eigenvalue weighted by atomic mass is 10.1. The molecule has 0 aliphatic rings. The SMILES string of the molecule is Cc1cc(C(=O)NCc2ccc(C#N)cc2)ccc1NN. The lowest BCUT2D eigenvalue weighted by Gasteiger charge is -2.09. The fourth-order valence-corrected chi connectivity index (χ4v) is 1.95. The second-order valence-corrected chi connectivity index (χ2v) is 4.67. The quantitative estimate of drug-likeness (QED) is 0.590. The number of rotatable bonds is 4. The molecule has 0 aliphatic carbocycles. The normalized spacial score (nSPS) is 9.76. The predicted octanol–water partition coefficient (Wildman–Crippen LogP) is 2.08. The molecule has 0 unspecified atom stereocenters. The molecule has 5 nitrogen and oxygen atoms in total. The van der Waals surface area contributed by atoms with E-state index >= 15 is 0 Å². The smallest absolute Gasteiger partial charge is 0.251 e. The number of nitrogens with one attached hydrogen (secondary N) is 2. The maximum Gasteiger partial charge on any atom is 0.251 e. The molecule has 5 heteroatoms. The molecule has 0 spiro atoms. The van der Waals surface area contributed by atoms with Gasteiger partial charge in [0.2, 0.25) is 0 Å². The van der Waals surface area contributed by atoms with E-state index in [9.17, 15) is 4.79 Å². The summed E-state index contributed by atoms with van der Waals surface area (Å²) in [5, 5.41) is 11.6. The number of amides is 1. The van der Waals surface area contributed by atoms with Gasteiger partial charge in [-0.05, 0) is 48.4 Å². The molecule has 4 N–H and O–H groups in total. The maximum absolute atomic E-state index is 12.1. The Morgan fingerprint density at radius 2 is 1.95 bits per heavy atom. The molecule has 1 amide bonds. The van der Waals surface area contributed by atoms with E-state index in [4.69, 9.17) is 11.1 Å². The van der Waals surface area contributed by atoms with Crippen molar-refractivity contribution in [3.63, 3.8) is 0 Å². The van der Waals surface area contributed by atoms with E-state index in [0.717, 1.165) is 16.8 Å². The number of nitrogen functional groups attached to an aromatic ring is 1. The first kappa shape index (κ1) is 14.6. The van der Waals surface area contributed by atoms with Gasteiger partial charge in [0.25, 0.3) is 5.91 Å². The number of aryl methyl sites for hydroxylation is 1. The fourth-order valence-electron chi connectivity index (χ4n) is 1.95. The Hall–Kier alpha value is -2.84. The first-order valence-electron chi connectivity index (χ1n) is 6.48. The van der Waals surface area contributed by atoms with Crippen LogP contribution in [-0.2, 0) is 6.54 Å². The van der Waals surface area contributed by atoms with Crippen LogP contribution in [0.2, 0.25) is 0 Å². The minimum atomic E-state index is -0.147. The van der Waals surface area contributed by atoms with E-state index in [1.165, 1.54) is 0 Å². The second-order valence-electron chi connectivity index (χ2n) is 4.67.